The normalized spacial score (nSPS) is 30.5. The predicted octanol–water partition coefficient (Wildman–Crippen LogP) is 3.47. The molecule has 2 fully saturated rings. The Morgan fingerprint density at radius 1 is 1.24 bits per heavy atom. The Kier molecular flexibility index (Phi) is 4.66. The second-order valence-electron chi connectivity index (χ2n) is 7.26. The van der Waals surface area contributed by atoms with Crippen molar-refractivity contribution in [2.24, 2.45) is 5.92 Å². The Morgan fingerprint density at radius 3 is 2.67 bits per heavy atom. The smallest absolute Gasteiger partial charge is 0.0278 e. The Bertz CT molecular complexity index is 440. The summed E-state index contributed by atoms with van der Waals surface area (Å²) in [7, 11) is 0. The van der Waals surface area contributed by atoms with Gasteiger partial charge in [0.05, 0.1) is 0 Å². The minimum Gasteiger partial charge on any atom is -0.309 e. The first-order valence-corrected chi connectivity index (χ1v) is 8.73. The molecule has 2 heteroatoms. The molecular weight excluding hydrogens is 256 g/mol. The van der Waals surface area contributed by atoms with Crippen LogP contribution in [-0.4, -0.2) is 36.1 Å². The van der Waals surface area contributed by atoms with Gasteiger partial charge in [-0.15, -0.1) is 0 Å². The number of aryl methyl sites for hydroxylation is 1. The lowest BCUT2D eigenvalue weighted by molar-refractivity contribution is 0.0719. The van der Waals surface area contributed by atoms with E-state index in [4.69, 9.17) is 0 Å². The molecule has 0 amide bonds. The van der Waals surface area contributed by atoms with Gasteiger partial charge in [0.2, 0.25) is 0 Å². The van der Waals surface area contributed by atoms with E-state index in [2.05, 4.69) is 54.4 Å². The van der Waals surface area contributed by atoms with Gasteiger partial charge in [-0.2, -0.15) is 0 Å². The summed E-state index contributed by atoms with van der Waals surface area (Å²) in [5.41, 5.74) is 1.80. The minimum absolute atomic E-state index is 0.318. The van der Waals surface area contributed by atoms with Gasteiger partial charge < -0.3 is 5.32 Å². The minimum atomic E-state index is 0.318. The first-order chi connectivity index (χ1) is 10.2. The largest absolute Gasteiger partial charge is 0.309 e. The molecule has 1 N–H and O–H groups in total. The zero-order valence-corrected chi connectivity index (χ0v) is 13.6. The summed E-state index contributed by atoms with van der Waals surface area (Å²) in [4.78, 5) is 2.79. The molecule has 3 rings (SSSR count). The standard InChI is InChI=1S/C19H30N2/c1-3-19(2)15-21(18(14-20-19)17-11-12-17)13-7-10-16-8-5-4-6-9-16/h4-6,8-9,17-18,20H,3,7,10-15H2,1-2H3. The van der Waals surface area contributed by atoms with E-state index in [1.54, 1.807) is 0 Å². The Labute approximate surface area is 129 Å². The molecule has 1 aromatic rings. The highest BCUT2D eigenvalue weighted by atomic mass is 15.3. The van der Waals surface area contributed by atoms with Crippen molar-refractivity contribution in [3.05, 3.63) is 35.9 Å². The molecule has 1 aliphatic carbocycles. The van der Waals surface area contributed by atoms with E-state index >= 15 is 0 Å². The van der Waals surface area contributed by atoms with E-state index in [0.29, 0.717) is 5.54 Å². The zero-order chi connectivity index (χ0) is 14.7. The third kappa shape index (κ3) is 3.87. The van der Waals surface area contributed by atoms with Gasteiger partial charge in [-0.05, 0) is 57.1 Å². The third-order valence-electron chi connectivity index (χ3n) is 5.46. The van der Waals surface area contributed by atoms with Gasteiger partial charge in [-0.25, -0.2) is 0 Å². The fraction of sp³-hybridized carbons (Fsp3) is 0.684. The maximum Gasteiger partial charge on any atom is 0.0278 e. The van der Waals surface area contributed by atoms with E-state index in [1.807, 2.05) is 0 Å². The van der Waals surface area contributed by atoms with Crippen LogP contribution in [-0.2, 0) is 6.42 Å². The van der Waals surface area contributed by atoms with Gasteiger partial charge in [-0.1, -0.05) is 37.3 Å². The number of nitrogens with one attached hydrogen (secondary N) is 1. The van der Waals surface area contributed by atoms with Gasteiger partial charge in [0, 0.05) is 24.7 Å². The lowest BCUT2D eigenvalue weighted by atomic mass is 9.92. The van der Waals surface area contributed by atoms with E-state index in [0.717, 1.165) is 12.0 Å². The summed E-state index contributed by atoms with van der Waals surface area (Å²) in [6.07, 6.45) is 6.62. The third-order valence-corrected chi connectivity index (χ3v) is 5.46. The molecule has 1 saturated heterocycles. The first-order valence-electron chi connectivity index (χ1n) is 8.73. The molecule has 21 heavy (non-hydrogen) atoms. The molecule has 0 bridgehead atoms. The summed E-state index contributed by atoms with van der Waals surface area (Å²) in [5.74, 6) is 0.968. The van der Waals surface area contributed by atoms with E-state index in [9.17, 15) is 0 Å². The summed E-state index contributed by atoms with van der Waals surface area (Å²) >= 11 is 0. The van der Waals surface area contributed by atoms with Crippen LogP contribution in [0.25, 0.3) is 0 Å². The molecule has 116 valence electrons. The lowest BCUT2D eigenvalue weighted by Gasteiger charge is -2.46. The highest BCUT2D eigenvalue weighted by molar-refractivity contribution is 5.14. The summed E-state index contributed by atoms with van der Waals surface area (Å²) in [6, 6.07) is 11.7. The topological polar surface area (TPSA) is 15.3 Å². The average molecular weight is 286 g/mol. The SMILES string of the molecule is CCC1(C)CN(CCCc2ccccc2)C(C2CC2)CN1. The molecular formula is C19H30N2. The number of hydrogen-bond donors (Lipinski definition) is 1. The van der Waals surface area contributed by atoms with E-state index in [-0.39, 0.29) is 0 Å². The maximum absolute atomic E-state index is 3.81. The van der Waals surface area contributed by atoms with Crippen molar-refractivity contribution in [1.29, 1.82) is 0 Å². The van der Waals surface area contributed by atoms with Crippen molar-refractivity contribution in [3.63, 3.8) is 0 Å². The van der Waals surface area contributed by atoms with Crippen molar-refractivity contribution < 1.29 is 0 Å². The molecule has 1 aliphatic heterocycles. The summed E-state index contributed by atoms with van der Waals surface area (Å²) < 4.78 is 0. The zero-order valence-electron chi connectivity index (χ0n) is 13.6. The number of piperazine rings is 1. The highest BCUT2D eigenvalue weighted by Gasteiger charge is 2.41. The van der Waals surface area contributed by atoms with Crippen LogP contribution in [0, 0.1) is 5.92 Å². The second kappa shape index (κ2) is 6.50. The van der Waals surface area contributed by atoms with Crippen molar-refractivity contribution in [2.45, 2.75) is 57.5 Å². The van der Waals surface area contributed by atoms with Gasteiger partial charge >= 0.3 is 0 Å². The van der Waals surface area contributed by atoms with Crippen LogP contribution >= 0.6 is 0 Å². The van der Waals surface area contributed by atoms with Crippen LogP contribution in [0.2, 0.25) is 0 Å². The van der Waals surface area contributed by atoms with Gasteiger partial charge in [0.1, 0.15) is 0 Å². The molecule has 1 saturated carbocycles. The van der Waals surface area contributed by atoms with Crippen molar-refractivity contribution in [3.8, 4) is 0 Å². The Morgan fingerprint density at radius 2 is 2.00 bits per heavy atom. The van der Waals surface area contributed by atoms with Crippen molar-refractivity contribution in [1.82, 2.24) is 10.2 Å². The van der Waals surface area contributed by atoms with Crippen LogP contribution in [0.15, 0.2) is 30.3 Å². The molecule has 0 aromatic heterocycles. The average Bonchev–Trinajstić information content (AvgIpc) is 3.33. The fourth-order valence-electron chi connectivity index (χ4n) is 3.66. The fourth-order valence-corrected chi connectivity index (χ4v) is 3.66. The molecule has 2 aliphatic rings. The quantitative estimate of drug-likeness (QED) is 0.861. The Hall–Kier alpha value is -0.860. The molecule has 2 unspecified atom stereocenters. The van der Waals surface area contributed by atoms with Gasteiger partial charge in [0.15, 0.2) is 0 Å². The molecule has 2 nitrogen and oxygen atoms in total. The summed E-state index contributed by atoms with van der Waals surface area (Å²) in [5, 5.41) is 3.81. The first kappa shape index (κ1) is 15.1. The predicted molar refractivity (Wildman–Crippen MR) is 89.5 cm³/mol. The lowest BCUT2D eigenvalue weighted by Crippen LogP contribution is -2.63. The van der Waals surface area contributed by atoms with E-state index < -0.39 is 0 Å². The second-order valence-corrected chi connectivity index (χ2v) is 7.26. The van der Waals surface area contributed by atoms with Crippen LogP contribution in [0.5, 0.6) is 0 Å². The number of nitrogens with zero attached hydrogens (tertiary/aromatic N) is 1. The molecule has 2 atom stereocenters. The molecule has 0 spiro atoms. The van der Waals surface area contributed by atoms with Gasteiger partial charge in [-0.3, -0.25) is 4.90 Å². The van der Waals surface area contributed by atoms with Crippen LogP contribution in [0.3, 0.4) is 0 Å². The highest BCUT2D eigenvalue weighted by Crippen LogP contribution is 2.37. The summed E-state index contributed by atoms with van der Waals surface area (Å²) in [6.45, 7) is 8.38. The monoisotopic (exact) mass is 286 g/mol. The number of benzene rings is 1. The van der Waals surface area contributed by atoms with Gasteiger partial charge in [0.25, 0.3) is 0 Å². The molecule has 1 heterocycles. The van der Waals surface area contributed by atoms with Crippen molar-refractivity contribution in [2.75, 3.05) is 19.6 Å². The molecule has 1 aromatic carbocycles. The van der Waals surface area contributed by atoms with Crippen LogP contribution in [0.4, 0.5) is 0 Å². The number of hydrogen-bond acceptors (Lipinski definition) is 2. The Balaban J connectivity index is 1.55. The van der Waals surface area contributed by atoms with Crippen LogP contribution in [0.1, 0.15) is 45.1 Å². The van der Waals surface area contributed by atoms with Crippen molar-refractivity contribution >= 4 is 0 Å². The van der Waals surface area contributed by atoms with Crippen LogP contribution < -0.4 is 5.32 Å². The number of rotatable bonds is 6. The maximum atomic E-state index is 3.81. The molecule has 0 radical (unpaired) electrons. The van der Waals surface area contributed by atoms with E-state index in [1.165, 1.54) is 57.3 Å².